The zero-order valence-corrected chi connectivity index (χ0v) is 12.6. The average Bonchev–Trinajstić information content (AvgIpc) is 2.45. The molecule has 0 aromatic heterocycles. The molecular weight excluding hydrogens is 264 g/mol. The van der Waals surface area contributed by atoms with Crippen molar-refractivity contribution in [1.82, 2.24) is 0 Å². The van der Waals surface area contributed by atoms with Crippen molar-refractivity contribution in [1.29, 1.82) is 0 Å². The van der Waals surface area contributed by atoms with Crippen molar-refractivity contribution < 1.29 is 15.0 Å². The summed E-state index contributed by atoms with van der Waals surface area (Å²) in [7, 11) is 0. The second-order valence-electron chi connectivity index (χ2n) is 4.67. The van der Waals surface area contributed by atoms with Crippen LogP contribution in [-0.2, 0) is 4.79 Å². The van der Waals surface area contributed by atoms with E-state index in [1.807, 2.05) is 13.0 Å². The van der Waals surface area contributed by atoms with Gasteiger partial charge in [0.25, 0.3) is 0 Å². The quantitative estimate of drug-likeness (QED) is 0.505. The number of allylic oxidation sites excluding steroid dienone is 3. The van der Waals surface area contributed by atoms with E-state index >= 15 is 0 Å². The smallest absolute Gasteiger partial charge is 0.303 e. The standard InChI is InChI=1S/C18H24O3/c1-2-3-4-5-6-8-11-14-17(19)15-12-9-7-10-13-16-18(20)21/h2-3,11,14,17,19H,7,9-10,12-13,15-16H2,1H3,(H,20,21). The molecule has 0 aromatic rings. The molecule has 0 heterocycles. The summed E-state index contributed by atoms with van der Waals surface area (Å²) in [5.41, 5.74) is 0. The van der Waals surface area contributed by atoms with Crippen LogP contribution in [0.25, 0.3) is 0 Å². The molecule has 0 saturated carbocycles. The number of carbonyl (C=O) groups is 1. The maximum absolute atomic E-state index is 10.3. The molecule has 114 valence electrons. The molecular formula is C18H24O3. The zero-order chi connectivity index (χ0) is 15.8. The number of rotatable bonds is 9. The van der Waals surface area contributed by atoms with Gasteiger partial charge in [-0.25, -0.2) is 0 Å². The summed E-state index contributed by atoms with van der Waals surface area (Å²) in [4.78, 5) is 10.3. The third-order valence-corrected chi connectivity index (χ3v) is 2.75. The van der Waals surface area contributed by atoms with Crippen molar-refractivity contribution in [3.05, 3.63) is 24.3 Å². The first-order chi connectivity index (χ1) is 10.2. The van der Waals surface area contributed by atoms with Crippen molar-refractivity contribution in [2.75, 3.05) is 0 Å². The molecule has 0 fully saturated rings. The van der Waals surface area contributed by atoms with E-state index in [2.05, 4.69) is 23.7 Å². The first-order valence-corrected chi connectivity index (χ1v) is 7.35. The van der Waals surface area contributed by atoms with Gasteiger partial charge in [-0.15, -0.1) is 0 Å². The molecule has 0 aliphatic carbocycles. The molecule has 3 heteroatoms. The molecule has 0 radical (unpaired) electrons. The molecule has 0 amide bonds. The molecule has 1 unspecified atom stereocenters. The van der Waals surface area contributed by atoms with Gasteiger partial charge in [-0.2, -0.15) is 0 Å². The number of hydrogen-bond donors (Lipinski definition) is 2. The maximum Gasteiger partial charge on any atom is 0.303 e. The fourth-order valence-electron chi connectivity index (χ4n) is 1.65. The molecule has 0 bridgehead atoms. The van der Waals surface area contributed by atoms with Crippen molar-refractivity contribution in [3.8, 4) is 23.7 Å². The van der Waals surface area contributed by atoms with Crippen LogP contribution in [0.2, 0.25) is 0 Å². The fraction of sp³-hybridized carbons (Fsp3) is 0.500. The van der Waals surface area contributed by atoms with Crippen molar-refractivity contribution >= 4 is 5.97 Å². The third kappa shape index (κ3) is 16.0. The maximum atomic E-state index is 10.3. The highest BCUT2D eigenvalue weighted by Crippen LogP contribution is 2.09. The summed E-state index contributed by atoms with van der Waals surface area (Å²) >= 11 is 0. The summed E-state index contributed by atoms with van der Waals surface area (Å²) < 4.78 is 0. The van der Waals surface area contributed by atoms with Gasteiger partial charge in [0.05, 0.1) is 6.10 Å². The number of carboxylic acid groups (broad SMARTS) is 1. The Morgan fingerprint density at radius 2 is 1.67 bits per heavy atom. The Balaban J connectivity index is 3.60. The van der Waals surface area contributed by atoms with E-state index in [4.69, 9.17) is 5.11 Å². The molecule has 0 aromatic carbocycles. The van der Waals surface area contributed by atoms with Crippen molar-refractivity contribution in [2.24, 2.45) is 0 Å². The predicted octanol–water partition coefficient (Wildman–Crippen LogP) is 3.30. The van der Waals surface area contributed by atoms with Gasteiger partial charge in [0.15, 0.2) is 0 Å². The summed E-state index contributed by atoms with van der Waals surface area (Å²) in [6, 6.07) is 0. The van der Waals surface area contributed by atoms with E-state index in [0.717, 1.165) is 32.1 Å². The highest BCUT2D eigenvalue weighted by atomic mass is 16.4. The van der Waals surface area contributed by atoms with E-state index in [0.29, 0.717) is 6.42 Å². The van der Waals surface area contributed by atoms with E-state index < -0.39 is 12.1 Å². The predicted molar refractivity (Wildman–Crippen MR) is 85.5 cm³/mol. The largest absolute Gasteiger partial charge is 0.481 e. The molecule has 0 aliphatic heterocycles. The van der Waals surface area contributed by atoms with Gasteiger partial charge in [0.1, 0.15) is 0 Å². The molecule has 0 spiro atoms. The summed E-state index contributed by atoms with van der Waals surface area (Å²) in [6.45, 7) is 1.89. The zero-order valence-electron chi connectivity index (χ0n) is 12.6. The molecule has 0 saturated heterocycles. The lowest BCUT2D eigenvalue weighted by Crippen LogP contribution is -2.01. The van der Waals surface area contributed by atoms with Gasteiger partial charge in [0.2, 0.25) is 0 Å². The Morgan fingerprint density at radius 3 is 2.33 bits per heavy atom. The second kappa shape index (κ2) is 14.4. The molecule has 21 heavy (non-hydrogen) atoms. The van der Waals surface area contributed by atoms with Gasteiger partial charge >= 0.3 is 5.97 Å². The van der Waals surface area contributed by atoms with Crippen LogP contribution in [0.4, 0.5) is 0 Å². The van der Waals surface area contributed by atoms with Crippen LogP contribution in [0.5, 0.6) is 0 Å². The lowest BCUT2D eigenvalue weighted by Gasteiger charge is -2.04. The summed E-state index contributed by atoms with van der Waals surface area (Å²) in [6.07, 6.45) is 12.0. The van der Waals surface area contributed by atoms with Crippen LogP contribution in [0, 0.1) is 23.7 Å². The number of unbranched alkanes of at least 4 members (excludes halogenated alkanes) is 4. The number of aliphatic hydroxyl groups excluding tert-OH is 1. The van der Waals surface area contributed by atoms with Crippen LogP contribution in [-0.4, -0.2) is 22.3 Å². The summed E-state index contributed by atoms with van der Waals surface area (Å²) in [5.74, 6) is 10.1. The van der Waals surface area contributed by atoms with Gasteiger partial charge in [-0.3, -0.25) is 4.79 Å². The van der Waals surface area contributed by atoms with Crippen molar-refractivity contribution in [2.45, 2.75) is 58.0 Å². The minimum absolute atomic E-state index is 0.251. The molecule has 3 nitrogen and oxygen atoms in total. The first-order valence-electron chi connectivity index (χ1n) is 7.35. The average molecular weight is 288 g/mol. The Morgan fingerprint density at radius 1 is 1.05 bits per heavy atom. The van der Waals surface area contributed by atoms with Gasteiger partial charge < -0.3 is 10.2 Å². The Bertz CT molecular complexity index is 452. The molecule has 0 rings (SSSR count). The highest BCUT2D eigenvalue weighted by molar-refractivity contribution is 5.66. The van der Waals surface area contributed by atoms with Crippen LogP contribution >= 0.6 is 0 Å². The van der Waals surface area contributed by atoms with Gasteiger partial charge in [0, 0.05) is 6.42 Å². The minimum Gasteiger partial charge on any atom is -0.481 e. The molecule has 1 atom stereocenters. The minimum atomic E-state index is -0.730. The number of aliphatic carboxylic acids is 1. The second-order valence-corrected chi connectivity index (χ2v) is 4.67. The lowest BCUT2D eigenvalue weighted by molar-refractivity contribution is -0.137. The van der Waals surface area contributed by atoms with E-state index in [1.54, 1.807) is 18.2 Å². The van der Waals surface area contributed by atoms with E-state index in [1.165, 1.54) is 0 Å². The molecule has 0 aliphatic rings. The topological polar surface area (TPSA) is 57.5 Å². The fourth-order valence-corrected chi connectivity index (χ4v) is 1.65. The Hall–Kier alpha value is -1.97. The number of aliphatic hydroxyl groups is 1. The van der Waals surface area contributed by atoms with Crippen LogP contribution in [0.3, 0.4) is 0 Å². The van der Waals surface area contributed by atoms with E-state index in [-0.39, 0.29) is 6.42 Å². The monoisotopic (exact) mass is 288 g/mol. The van der Waals surface area contributed by atoms with Gasteiger partial charge in [-0.1, -0.05) is 43.6 Å². The number of carboxylic acids is 1. The van der Waals surface area contributed by atoms with Crippen LogP contribution in [0.1, 0.15) is 51.9 Å². The highest BCUT2D eigenvalue weighted by Gasteiger charge is 1.99. The normalized spacial score (nSPS) is 11.7. The first kappa shape index (κ1) is 19.0. The lowest BCUT2D eigenvalue weighted by atomic mass is 10.1. The van der Waals surface area contributed by atoms with Crippen molar-refractivity contribution in [3.63, 3.8) is 0 Å². The number of hydrogen-bond acceptors (Lipinski definition) is 2. The van der Waals surface area contributed by atoms with Crippen LogP contribution in [0.15, 0.2) is 24.3 Å². The van der Waals surface area contributed by atoms with E-state index in [9.17, 15) is 9.90 Å². The van der Waals surface area contributed by atoms with Crippen LogP contribution < -0.4 is 0 Å². The Labute approximate surface area is 127 Å². The summed E-state index contributed by atoms with van der Waals surface area (Å²) in [5, 5.41) is 18.2. The Kier molecular flexibility index (Phi) is 13.1. The van der Waals surface area contributed by atoms with Gasteiger partial charge in [-0.05, 0) is 49.8 Å². The third-order valence-electron chi connectivity index (χ3n) is 2.75. The molecule has 2 N–H and O–H groups in total. The SMILES string of the molecule is CC=CC#CC#CC=CC(O)CCCCCCCC(=O)O.